The lowest BCUT2D eigenvalue weighted by atomic mass is 9.97. The van der Waals surface area contributed by atoms with Gasteiger partial charge in [-0.2, -0.15) is 0 Å². The SMILES string of the molecule is Cc1ccc(CC(C)CCNC2CC2)cc1. The Morgan fingerprint density at radius 2 is 1.94 bits per heavy atom. The zero-order valence-corrected chi connectivity index (χ0v) is 10.5. The van der Waals surface area contributed by atoms with Crippen molar-refractivity contribution in [2.75, 3.05) is 6.54 Å². The molecule has 0 aliphatic heterocycles. The van der Waals surface area contributed by atoms with Crippen LogP contribution in [0.4, 0.5) is 0 Å². The summed E-state index contributed by atoms with van der Waals surface area (Å²) in [5.41, 5.74) is 2.83. The summed E-state index contributed by atoms with van der Waals surface area (Å²) in [6.45, 7) is 5.69. The van der Waals surface area contributed by atoms with Gasteiger partial charge in [-0.1, -0.05) is 36.8 Å². The molecule has 1 heteroatoms. The minimum Gasteiger partial charge on any atom is -0.314 e. The van der Waals surface area contributed by atoms with Crippen LogP contribution in [0.3, 0.4) is 0 Å². The third-order valence-corrected chi connectivity index (χ3v) is 3.35. The molecule has 1 aromatic carbocycles. The number of benzene rings is 1. The first-order valence-corrected chi connectivity index (χ1v) is 6.53. The topological polar surface area (TPSA) is 12.0 Å². The first-order valence-electron chi connectivity index (χ1n) is 6.53. The van der Waals surface area contributed by atoms with E-state index in [0.717, 1.165) is 12.0 Å². The van der Waals surface area contributed by atoms with Gasteiger partial charge in [0.1, 0.15) is 0 Å². The molecule has 1 aromatic rings. The summed E-state index contributed by atoms with van der Waals surface area (Å²) in [7, 11) is 0. The average Bonchev–Trinajstić information content (AvgIpc) is 3.05. The van der Waals surface area contributed by atoms with Crippen LogP contribution >= 0.6 is 0 Å². The smallest absolute Gasteiger partial charge is 0.00682 e. The van der Waals surface area contributed by atoms with Crippen LogP contribution in [0.5, 0.6) is 0 Å². The predicted molar refractivity (Wildman–Crippen MR) is 69.7 cm³/mol. The molecule has 0 amide bonds. The van der Waals surface area contributed by atoms with Gasteiger partial charge < -0.3 is 5.32 Å². The van der Waals surface area contributed by atoms with Crippen LogP contribution in [0.2, 0.25) is 0 Å². The number of aryl methyl sites for hydroxylation is 1. The van der Waals surface area contributed by atoms with Crippen LogP contribution in [0.25, 0.3) is 0 Å². The largest absolute Gasteiger partial charge is 0.314 e. The van der Waals surface area contributed by atoms with Crippen molar-refractivity contribution in [3.8, 4) is 0 Å². The zero-order chi connectivity index (χ0) is 11.4. The first kappa shape index (κ1) is 11.7. The molecule has 1 unspecified atom stereocenters. The summed E-state index contributed by atoms with van der Waals surface area (Å²) in [4.78, 5) is 0. The van der Waals surface area contributed by atoms with Crippen LogP contribution in [0.15, 0.2) is 24.3 Å². The fourth-order valence-corrected chi connectivity index (χ4v) is 2.05. The van der Waals surface area contributed by atoms with Crippen molar-refractivity contribution < 1.29 is 0 Å². The maximum Gasteiger partial charge on any atom is 0.00682 e. The second-order valence-corrected chi connectivity index (χ2v) is 5.31. The van der Waals surface area contributed by atoms with Gasteiger partial charge in [0.15, 0.2) is 0 Å². The van der Waals surface area contributed by atoms with Crippen molar-refractivity contribution in [3.05, 3.63) is 35.4 Å². The number of nitrogens with one attached hydrogen (secondary N) is 1. The van der Waals surface area contributed by atoms with Gasteiger partial charge in [0.25, 0.3) is 0 Å². The normalized spacial score (nSPS) is 17.4. The van der Waals surface area contributed by atoms with Gasteiger partial charge >= 0.3 is 0 Å². The fourth-order valence-electron chi connectivity index (χ4n) is 2.05. The molecule has 0 bridgehead atoms. The van der Waals surface area contributed by atoms with Gasteiger partial charge in [0.2, 0.25) is 0 Å². The van der Waals surface area contributed by atoms with E-state index in [9.17, 15) is 0 Å². The average molecular weight is 217 g/mol. The maximum absolute atomic E-state index is 3.58. The second kappa shape index (κ2) is 5.49. The molecule has 1 nitrogen and oxygen atoms in total. The Morgan fingerprint density at radius 1 is 1.25 bits per heavy atom. The minimum atomic E-state index is 0.786. The van der Waals surface area contributed by atoms with Gasteiger partial charge in [0.05, 0.1) is 0 Å². The van der Waals surface area contributed by atoms with Gasteiger partial charge in [-0.15, -0.1) is 0 Å². The minimum absolute atomic E-state index is 0.786. The molecule has 88 valence electrons. The maximum atomic E-state index is 3.58. The van der Waals surface area contributed by atoms with E-state index in [1.54, 1.807) is 0 Å². The zero-order valence-electron chi connectivity index (χ0n) is 10.5. The Balaban J connectivity index is 1.68. The van der Waals surface area contributed by atoms with Crippen molar-refractivity contribution in [2.24, 2.45) is 5.92 Å². The van der Waals surface area contributed by atoms with Crippen LogP contribution in [-0.2, 0) is 6.42 Å². The van der Waals surface area contributed by atoms with Crippen molar-refractivity contribution in [2.45, 2.75) is 45.6 Å². The Bertz CT molecular complexity index is 311. The highest BCUT2D eigenvalue weighted by Crippen LogP contribution is 2.19. The second-order valence-electron chi connectivity index (χ2n) is 5.31. The summed E-state index contributed by atoms with van der Waals surface area (Å²) in [6, 6.07) is 9.81. The lowest BCUT2D eigenvalue weighted by Gasteiger charge is -2.12. The summed E-state index contributed by atoms with van der Waals surface area (Å²) >= 11 is 0. The van der Waals surface area contributed by atoms with E-state index in [4.69, 9.17) is 0 Å². The van der Waals surface area contributed by atoms with Crippen LogP contribution < -0.4 is 5.32 Å². The Hall–Kier alpha value is -0.820. The summed E-state index contributed by atoms with van der Waals surface area (Å²) in [5.74, 6) is 0.786. The van der Waals surface area contributed by atoms with E-state index >= 15 is 0 Å². The molecule has 0 spiro atoms. The molecule has 2 rings (SSSR count). The molecule has 0 radical (unpaired) electrons. The Kier molecular flexibility index (Phi) is 4.00. The predicted octanol–water partition coefficient (Wildman–Crippen LogP) is 3.32. The van der Waals surface area contributed by atoms with Crippen LogP contribution in [-0.4, -0.2) is 12.6 Å². The summed E-state index contributed by atoms with van der Waals surface area (Å²) in [5, 5.41) is 3.58. The van der Waals surface area contributed by atoms with E-state index in [0.29, 0.717) is 0 Å². The van der Waals surface area contributed by atoms with Gasteiger partial charge in [-0.05, 0) is 50.6 Å². The van der Waals surface area contributed by atoms with Crippen molar-refractivity contribution >= 4 is 0 Å². The lowest BCUT2D eigenvalue weighted by molar-refractivity contribution is 0.497. The van der Waals surface area contributed by atoms with E-state index in [1.807, 2.05) is 0 Å². The van der Waals surface area contributed by atoms with E-state index < -0.39 is 0 Å². The molecule has 0 heterocycles. The summed E-state index contributed by atoms with van der Waals surface area (Å²) in [6.07, 6.45) is 5.30. The molecular weight excluding hydrogens is 194 g/mol. The standard InChI is InChI=1S/C15H23N/c1-12-3-5-14(6-4-12)11-13(2)9-10-16-15-7-8-15/h3-6,13,15-16H,7-11H2,1-2H3. The third-order valence-electron chi connectivity index (χ3n) is 3.35. The highest BCUT2D eigenvalue weighted by atomic mass is 14.9. The van der Waals surface area contributed by atoms with E-state index in [-0.39, 0.29) is 0 Å². The van der Waals surface area contributed by atoms with Gasteiger partial charge in [-0.25, -0.2) is 0 Å². The molecule has 1 saturated carbocycles. The van der Waals surface area contributed by atoms with Gasteiger partial charge in [0, 0.05) is 6.04 Å². The molecule has 0 saturated heterocycles. The molecule has 0 aromatic heterocycles. The van der Waals surface area contributed by atoms with Crippen molar-refractivity contribution in [1.82, 2.24) is 5.32 Å². The molecule has 1 atom stereocenters. The number of rotatable bonds is 6. The first-order chi connectivity index (χ1) is 7.74. The molecule has 16 heavy (non-hydrogen) atoms. The molecule has 1 aliphatic rings. The molecular formula is C15H23N. The van der Waals surface area contributed by atoms with Crippen LogP contribution in [0.1, 0.15) is 37.3 Å². The Labute approximate surface area is 99.3 Å². The molecule has 1 fully saturated rings. The van der Waals surface area contributed by atoms with Crippen LogP contribution in [0, 0.1) is 12.8 Å². The number of hydrogen-bond donors (Lipinski definition) is 1. The third kappa shape index (κ3) is 3.97. The van der Waals surface area contributed by atoms with Crippen molar-refractivity contribution in [1.29, 1.82) is 0 Å². The highest BCUT2D eigenvalue weighted by molar-refractivity contribution is 5.21. The fraction of sp³-hybridized carbons (Fsp3) is 0.600. The quantitative estimate of drug-likeness (QED) is 0.771. The summed E-state index contributed by atoms with van der Waals surface area (Å²) < 4.78 is 0. The number of hydrogen-bond acceptors (Lipinski definition) is 1. The Morgan fingerprint density at radius 3 is 2.56 bits per heavy atom. The lowest BCUT2D eigenvalue weighted by Crippen LogP contribution is -2.20. The molecule has 1 aliphatic carbocycles. The highest BCUT2D eigenvalue weighted by Gasteiger charge is 2.19. The van der Waals surface area contributed by atoms with E-state index in [2.05, 4.69) is 43.4 Å². The van der Waals surface area contributed by atoms with Crippen molar-refractivity contribution in [3.63, 3.8) is 0 Å². The molecule has 1 N–H and O–H groups in total. The monoisotopic (exact) mass is 217 g/mol. The van der Waals surface area contributed by atoms with Gasteiger partial charge in [-0.3, -0.25) is 0 Å². The van der Waals surface area contributed by atoms with E-state index in [1.165, 1.54) is 43.4 Å².